The van der Waals surface area contributed by atoms with E-state index in [0.29, 0.717) is 0 Å². The minimum Gasteiger partial charge on any atom is -1.00 e. The summed E-state index contributed by atoms with van der Waals surface area (Å²) in [5.74, 6) is 0. The average Bonchev–Trinajstić information content (AvgIpc) is 2.74. The molecule has 4 heteroatoms. The Morgan fingerprint density at radius 3 is 0.719 bits per heavy atom. The van der Waals surface area contributed by atoms with E-state index < -0.39 is 0 Å². The lowest BCUT2D eigenvalue weighted by Crippen LogP contribution is -3.00. The summed E-state index contributed by atoms with van der Waals surface area (Å²) in [4.78, 5) is 0. The van der Waals surface area contributed by atoms with Crippen LogP contribution >= 0.6 is 0 Å². The number of hydrogen-bond acceptors (Lipinski definition) is 0. The summed E-state index contributed by atoms with van der Waals surface area (Å²) in [5, 5.41) is 2.58. The molecular formula is C28H64Br2N2. The molecule has 0 bridgehead atoms. The molecule has 0 atom stereocenters. The largest absolute Gasteiger partial charge is 1.00 e. The van der Waals surface area contributed by atoms with Crippen LogP contribution in [-0.2, 0) is 0 Å². The molecule has 2 nitrogen and oxygen atoms in total. The molecule has 0 rings (SSSR count). The molecule has 0 saturated carbocycles. The smallest absolute Gasteiger partial charge is 0.0755 e. The molecule has 0 aliphatic heterocycles. The second-order valence-corrected chi connectivity index (χ2v) is 9.64. The maximum Gasteiger partial charge on any atom is 0.0755 e. The third-order valence-electron chi connectivity index (χ3n) is 6.52. The fraction of sp³-hybridized carbons (Fsp3) is 1.00. The zero-order valence-electron chi connectivity index (χ0n) is 22.7. The van der Waals surface area contributed by atoms with Crippen LogP contribution < -0.4 is 45.4 Å². The first kappa shape index (κ1) is 40.1. The van der Waals surface area contributed by atoms with Crippen LogP contribution in [-0.4, -0.2) is 13.1 Å². The molecule has 0 aliphatic carbocycles. The third kappa shape index (κ3) is 38.2. The Morgan fingerprint density at radius 2 is 0.500 bits per heavy atom. The van der Waals surface area contributed by atoms with Crippen molar-refractivity contribution in [3.8, 4) is 0 Å². The van der Waals surface area contributed by atoms with Crippen molar-refractivity contribution < 1.29 is 39.3 Å². The van der Waals surface area contributed by atoms with E-state index in [9.17, 15) is 0 Å². The zero-order valence-corrected chi connectivity index (χ0v) is 25.9. The van der Waals surface area contributed by atoms with Gasteiger partial charge in [0.25, 0.3) is 0 Å². The van der Waals surface area contributed by atoms with Gasteiger partial charge in [-0.1, -0.05) is 142 Å². The highest BCUT2D eigenvalue weighted by Crippen LogP contribution is 2.12. The van der Waals surface area contributed by atoms with Crippen LogP contribution in [0.5, 0.6) is 0 Å². The number of quaternary nitrogens is 2. The molecule has 0 saturated heterocycles. The monoisotopic (exact) mass is 586 g/mol. The van der Waals surface area contributed by atoms with Crippen molar-refractivity contribution in [2.75, 3.05) is 13.1 Å². The van der Waals surface area contributed by atoms with Gasteiger partial charge in [0, 0.05) is 0 Å². The molecule has 0 unspecified atom stereocenters. The van der Waals surface area contributed by atoms with Crippen molar-refractivity contribution in [1.29, 1.82) is 0 Å². The topological polar surface area (TPSA) is 53.1 Å². The van der Waals surface area contributed by atoms with E-state index in [1.54, 1.807) is 0 Å². The van der Waals surface area contributed by atoms with Gasteiger partial charge in [-0.05, 0) is 25.7 Å². The van der Waals surface area contributed by atoms with E-state index in [2.05, 4.69) is 19.2 Å². The molecule has 0 heterocycles. The Morgan fingerprint density at radius 1 is 0.312 bits per heavy atom. The predicted molar refractivity (Wildman–Crippen MR) is 140 cm³/mol. The van der Waals surface area contributed by atoms with Gasteiger partial charge in [0.1, 0.15) is 0 Å². The molecule has 0 radical (unpaired) electrons. The van der Waals surface area contributed by atoms with E-state index in [-0.39, 0.29) is 40.1 Å². The van der Waals surface area contributed by atoms with Crippen LogP contribution in [0.4, 0.5) is 0 Å². The first-order valence-corrected chi connectivity index (χ1v) is 14.2. The summed E-state index contributed by atoms with van der Waals surface area (Å²) in [7, 11) is 0. The number of nitrogens with two attached hydrogens (primary N) is 1. The Balaban J connectivity index is -0.00000131. The van der Waals surface area contributed by atoms with Gasteiger partial charge in [0.2, 0.25) is 0 Å². The minimum absolute atomic E-state index is 0. The molecule has 32 heavy (non-hydrogen) atoms. The second kappa shape index (κ2) is 39.1. The molecule has 0 aromatic heterocycles. The van der Waals surface area contributed by atoms with Crippen molar-refractivity contribution in [3.63, 3.8) is 0 Å². The maximum absolute atomic E-state index is 2.58. The summed E-state index contributed by atoms with van der Waals surface area (Å²) in [6.07, 6.45) is 35.1. The molecule has 0 fully saturated rings. The summed E-state index contributed by atoms with van der Waals surface area (Å²) < 4.78 is 0. The van der Waals surface area contributed by atoms with E-state index in [4.69, 9.17) is 0 Å². The van der Waals surface area contributed by atoms with Crippen molar-refractivity contribution >= 4 is 0 Å². The van der Waals surface area contributed by atoms with Gasteiger partial charge in [0.05, 0.1) is 13.1 Å². The summed E-state index contributed by atoms with van der Waals surface area (Å²) in [6, 6.07) is 0. The van der Waals surface area contributed by atoms with Crippen LogP contribution in [0.1, 0.15) is 168 Å². The number of hydrogen-bond donors (Lipinski definition) is 2. The Labute approximate surface area is 225 Å². The van der Waals surface area contributed by atoms with Crippen LogP contribution in [0.3, 0.4) is 0 Å². The highest BCUT2D eigenvalue weighted by Gasteiger charge is 1.96. The van der Waals surface area contributed by atoms with Crippen molar-refractivity contribution in [3.05, 3.63) is 0 Å². The summed E-state index contributed by atoms with van der Waals surface area (Å²) in [6.45, 7) is 7.35. The highest BCUT2D eigenvalue weighted by molar-refractivity contribution is 4.49. The first-order chi connectivity index (χ1) is 14.4. The first-order valence-electron chi connectivity index (χ1n) is 14.2. The van der Waals surface area contributed by atoms with Crippen LogP contribution in [0.2, 0.25) is 0 Å². The summed E-state index contributed by atoms with van der Waals surface area (Å²) in [5.41, 5.74) is 0. The van der Waals surface area contributed by atoms with Gasteiger partial charge in [-0.15, -0.1) is 0 Å². The van der Waals surface area contributed by atoms with Gasteiger partial charge >= 0.3 is 0 Å². The maximum atomic E-state index is 2.58. The molecule has 200 valence electrons. The Bertz CT molecular complexity index is 252. The molecule has 0 aromatic rings. The van der Waals surface area contributed by atoms with E-state index >= 15 is 0 Å². The average molecular weight is 589 g/mol. The lowest BCUT2D eigenvalue weighted by atomic mass is 10.1. The second-order valence-electron chi connectivity index (χ2n) is 9.64. The van der Waals surface area contributed by atoms with Crippen molar-refractivity contribution in [2.24, 2.45) is 0 Å². The van der Waals surface area contributed by atoms with Gasteiger partial charge in [0.15, 0.2) is 0 Å². The highest BCUT2D eigenvalue weighted by atomic mass is 79.9. The number of halogens is 2. The number of rotatable bonds is 26. The van der Waals surface area contributed by atoms with Gasteiger partial charge in [-0.2, -0.15) is 0 Å². The van der Waals surface area contributed by atoms with Gasteiger partial charge in [-0.25, -0.2) is 0 Å². The Kier molecular flexibility index (Phi) is 49.0. The fourth-order valence-corrected chi connectivity index (χ4v) is 4.40. The van der Waals surface area contributed by atoms with E-state index in [1.807, 2.05) is 0 Å². The molecule has 0 spiro atoms. The fourth-order valence-electron chi connectivity index (χ4n) is 4.40. The van der Waals surface area contributed by atoms with Crippen LogP contribution in [0, 0.1) is 0 Å². The molecule has 0 aliphatic rings. The predicted octanol–water partition coefficient (Wildman–Crippen LogP) is 3.34. The number of unbranched alkanes of at least 4 members (excludes halogenated alkanes) is 22. The lowest BCUT2D eigenvalue weighted by molar-refractivity contribution is -0.655. The van der Waals surface area contributed by atoms with Crippen LogP contribution in [0.25, 0.3) is 0 Å². The molecule has 0 aromatic carbocycles. The third-order valence-corrected chi connectivity index (χ3v) is 6.52. The van der Waals surface area contributed by atoms with Gasteiger partial charge < -0.3 is 45.4 Å². The van der Waals surface area contributed by atoms with E-state index in [1.165, 1.54) is 167 Å². The summed E-state index contributed by atoms with van der Waals surface area (Å²) >= 11 is 0. The van der Waals surface area contributed by atoms with Crippen molar-refractivity contribution in [1.82, 2.24) is 6.15 Å². The normalized spacial score (nSPS) is 10.3. The minimum atomic E-state index is 0. The molecule has 0 amide bonds. The quantitative estimate of drug-likeness (QED) is 0.146. The zero-order chi connectivity index (χ0) is 21.1. The van der Waals surface area contributed by atoms with Gasteiger partial charge in [-0.3, -0.25) is 0 Å². The van der Waals surface area contributed by atoms with Crippen molar-refractivity contribution in [2.45, 2.75) is 168 Å². The molecule has 6 N–H and O–H groups in total. The SMILES string of the molecule is CCCCCCCCCCCCCC[NH2+]CCCCCCCCCCCCCC.[Br-].[Br-].[NH4+]. The Hall–Kier alpha value is 0.880. The van der Waals surface area contributed by atoms with E-state index in [0.717, 1.165) is 0 Å². The lowest BCUT2D eigenvalue weighted by Gasteiger charge is -2.04. The standard InChI is InChI=1S/C28H59N.2BrH.H3N/c1-3-5-7-9-11-13-15-17-19-21-23-25-27-29-28-26-24-22-20-18-16-14-12-10-8-6-4-2;;;/h29H,3-28H2,1-2H3;2*1H;1H3. The van der Waals surface area contributed by atoms with Crippen LogP contribution in [0.15, 0.2) is 0 Å². The molecular weight excluding hydrogens is 524 g/mol.